The van der Waals surface area contributed by atoms with E-state index in [-0.39, 0.29) is 30.1 Å². The first-order valence-electron chi connectivity index (χ1n) is 28.3. The standard InChI is InChI=1S/C55H90O23/c1-23(57)30-15-17-55(64)31-13-12-28-18-29(14-16-53(28,6)39(31)41(59)50(63)54(30,55)7)73-36-19-32(65-8)45(24(2)69-36)75-37-20-33(66-9)46(25(3)70-37)76-38-21-34(67-10)47(26(4)71-38)77-52-44(62)49(68-11)48(27(5)72-52)78-51-43(61)42(60)40(58)35(22-56)74-51/h12,24-27,29-52,56,58-64H,13-22H2,1-11H3/t24-,25-,26-,27-,29+,30-,31-,32+,33+,34-,35-,36+,37+,38+,39-,40-,41+,42+,43-,44-,45-,46-,47-,48-,49+,50-,51+,52+,53+,54+,55+/m1/s1. The van der Waals surface area contributed by atoms with Gasteiger partial charge in [-0.15, -0.1) is 0 Å². The Balaban J connectivity index is 0.762. The first kappa shape index (κ1) is 61.1. The molecule has 23 heteroatoms. The van der Waals surface area contributed by atoms with Crippen LogP contribution in [0, 0.1) is 28.6 Å². The third-order valence-electron chi connectivity index (χ3n) is 20.0. The Hall–Kier alpha value is -1.47. The lowest BCUT2D eigenvalue weighted by Gasteiger charge is -2.64. The van der Waals surface area contributed by atoms with Gasteiger partial charge in [-0.25, -0.2) is 0 Å². The zero-order valence-electron chi connectivity index (χ0n) is 47.0. The summed E-state index contributed by atoms with van der Waals surface area (Å²) in [7, 11) is 6.15. The fourth-order valence-electron chi connectivity index (χ4n) is 15.6. The zero-order valence-corrected chi connectivity index (χ0v) is 47.0. The van der Waals surface area contributed by atoms with Crippen LogP contribution in [0.4, 0.5) is 0 Å². The van der Waals surface area contributed by atoms with Crippen molar-refractivity contribution >= 4 is 5.78 Å². The van der Waals surface area contributed by atoms with E-state index in [1.807, 2.05) is 13.8 Å². The molecule has 23 nitrogen and oxygen atoms in total. The summed E-state index contributed by atoms with van der Waals surface area (Å²) >= 11 is 0. The number of hydrogen-bond acceptors (Lipinski definition) is 23. The molecule has 31 atom stereocenters. The number of allylic oxidation sites excluding steroid dienone is 1. The minimum atomic E-state index is -1.67. The fourth-order valence-corrected chi connectivity index (χ4v) is 15.6. The molecule has 9 aliphatic rings. The van der Waals surface area contributed by atoms with Gasteiger partial charge in [0.1, 0.15) is 66.8 Å². The molecule has 0 aromatic carbocycles. The molecule has 0 spiro atoms. The molecule has 448 valence electrons. The number of ketones is 1. The van der Waals surface area contributed by atoms with Crippen LogP contribution >= 0.6 is 0 Å². The molecule has 5 aliphatic heterocycles. The molecular formula is C55H90O23. The predicted molar refractivity (Wildman–Crippen MR) is 269 cm³/mol. The lowest BCUT2D eigenvalue weighted by atomic mass is 9.44. The molecule has 4 aliphatic carbocycles. The molecule has 0 aromatic rings. The van der Waals surface area contributed by atoms with Gasteiger partial charge in [0.15, 0.2) is 31.5 Å². The number of methoxy groups -OCH3 is 4. The van der Waals surface area contributed by atoms with Crippen molar-refractivity contribution in [1.82, 2.24) is 0 Å². The predicted octanol–water partition coefficient (Wildman–Crippen LogP) is 0.507. The van der Waals surface area contributed by atoms with Gasteiger partial charge in [0, 0.05) is 65.0 Å². The summed E-state index contributed by atoms with van der Waals surface area (Å²) in [4.78, 5) is 12.8. The number of Topliss-reactive ketones (excluding diaryl/α,β-unsaturated/α-hetero) is 1. The van der Waals surface area contributed by atoms with E-state index in [4.69, 9.17) is 66.3 Å². The minimum Gasteiger partial charge on any atom is -0.394 e. The van der Waals surface area contributed by atoms with E-state index in [1.165, 1.54) is 21.1 Å². The second-order valence-electron chi connectivity index (χ2n) is 24.2. The highest BCUT2D eigenvalue weighted by Gasteiger charge is 2.73. The summed E-state index contributed by atoms with van der Waals surface area (Å²) < 4.78 is 87.0. The van der Waals surface area contributed by atoms with Gasteiger partial charge in [-0.05, 0) is 84.5 Å². The van der Waals surface area contributed by atoms with E-state index in [0.717, 1.165) is 5.57 Å². The van der Waals surface area contributed by atoms with E-state index in [9.17, 15) is 45.6 Å². The summed E-state index contributed by atoms with van der Waals surface area (Å²) in [6.07, 6.45) is -16.0. The highest BCUT2D eigenvalue weighted by atomic mass is 16.8. The number of hydrogen-bond donors (Lipinski definition) is 8. The van der Waals surface area contributed by atoms with Gasteiger partial charge in [0.2, 0.25) is 0 Å². The Kier molecular flexibility index (Phi) is 19.0. The largest absolute Gasteiger partial charge is 0.394 e. The van der Waals surface area contributed by atoms with Crippen LogP contribution in [-0.2, 0) is 71.1 Å². The smallest absolute Gasteiger partial charge is 0.187 e. The third kappa shape index (κ3) is 10.9. The molecule has 0 bridgehead atoms. The maximum Gasteiger partial charge on any atom is 0.187 e. The number of ether oxygens (including phenoxy) is 14. The second kappa shape index (κ2) is 24.3. The monoisotopic (exact) mass is 1120 g/mol. The third-order valence-corrected chi connectivity index (χ3v) is 20.0. The van der Waals surface area contributed by atoms with Crippen molar-refractivity contribution in [3.05, 3.63) is 11.6 Å². The average molecular weight is 1120 g/mol. The second-order valence-corrected chi connectivity index (χ2v) is 24.2. The quantitative estimate of drug-likeness (QED) is 0.0977. The number of carbonyl (C=O) groups excluding carboxylic acids is 1. The number of fused-ring (bicyclic) bond motifs is 5. The van der Waals surface area contributed by atoms with Gasteiger partial charge >= 0.3 is 0 Å². The summed E-state index contributed by atoms with van der Waals surface area (Å²) in [5, 5.41) is 88.4. The van der Waals surface area contributed by atoms with Crippen LogP contribution in [-0.4, -0.2) is 241 Å². The van der Waals surface area contributed by atoms with Crippen molar-refractivity contribution in [1.29, 1.82) is 0 Å². The van der Waals surface area contributed by atoms with Gasteiger partial charge in [0.25, 0.3) is 0 Å². The number of aliphatic hydroxyl groups is 8. The number of aliphatic hydroxyl groups excluding tert-OH is 7. The van der Waals surface area contributed by atoms with Crippen molar-refractivity contribution in [3.8, 4) is 0 Å². The van der Waals surface area contributed by atoms with E-state index in [2.05, 4.69) is 13.0 Å². The molecule has 5 saturated heterocycles. The summed E-state index contributed by atoms with van der Waals surface area (Å²) in [5.41, 5.74) is -1.73. The van der Waals surface area contributed by atoms with Crippen molar-refractivity contribution in [2.45, 2.75) is 265 Å². The molecule has 8 N–H and O–H groups in total. The Labute approximate surface area is 457 Å². The van der Waals surface area contributed by atoms with Crippen LogP contribution < -0.4 is 0 Å². The summed E-state index contributed by atoms with van der Waals surface area (Å²) in [6, 6.07) is 0. The molecule has 9 rings (SSSR count). The van der Waals surface area contributed by atoms with E-state index >= 15 is 0 Å². The molecule has 0 radical (unpaired) electrons. The van der Waals surface area contributed by atoms with Gasteiger partial charge in [0.05, 0.1) is 73.2 Å². The van der Waals surface area contributed by atoms with Crippen molar-refractivity contribution in [2.75, 3.05) is 35.0 Å². The van der Waals surface area contributed by atoms with Crippen LogP contribution in [0.5, 0.6) is 0 Å². The normalized spacial score (nSPS) is 53.7. The Morgan fingerprint density at radius 2 is 1.12 bits per heavy atom. The molecule has 0 aromatic heterocycles. The fraction of sp³-hybridized carbons (Fsp3) is 0.945. The van der Waals surface area contributed by atoms with Crippen LogP contribution in [0.25, 0.3) is 0 Å². The molecular weight excluding hydrogens is 1030 g/mol. The highest BCUT2D eigenvalue weighted by Crippen LogP contribution is 2.68. The Morgan fingerprint density at radius 3 is 1.64 bits per heavy atom. The SMILES string of the molecule is CO[C@H]1[C@@H](O)[C@H](O[C@@H]2[C@@H](C)O[C@@H](O[C@H]3[C@@H](OC)C[C@H](O[C@H]4[C@@H](OC)C[C@H](O[C@H]5CC[C@@]6(C)C(=CC[C@@H]7[C@@H]6[C@H](O)[C@@H](O)[C@]6(C)[C@@H](C(C)=O)CC[C@]76O)C5)O[C@@H]4C)O[C@@H]3C)C[C@H]2OC)O[C@H](C)[C@H]1O[C@@H]1O[C@H](CO)[C@@H](O)[C@H](O)[C@H]1O. The van der Waals surface area contributed by atoms with Crippen LogP contribution in [0.2, 0.25) is 0 Å². The topological polar surface area (TPSA) is 308 Å². The molecule has 0 amide bonds. The van der Waals surface area contributed by atoms with Crippen molar-refractivity contribution in [2.24, 2.45) is 28.6 Å². The van der Waals surface area contributed by atoms with Gasteiger partial charge < -0.3 is 107 Å². The molecule has 3 saturated carbocycles. The van der Waals surface area contributed by atoms with Gasteiger partial charge in [-0.2, -0.15) is 0 Å². The Bertz CT molecular complexity index is 2050. The molecule has 5 heterocycles. The maximum absolute atomic E-state index is 12.8. The van der Waals surface area contributed by atoms with Crippen molar-refractivity contribution < 1.29 is 112 Å². The average Bonchev–Trinajstić information content (AvgIpc) is 3.75. The first-order chi connectivity index (χ1) is 37.0. The highest BCUT2D eigenvalue weighted by molar-refractivity contribution is 5.80. The van der Waals surface area contributed by atoms with Crippen LogP contribution in [0.15, 0.2) is 11.6 Å². The first-order valence-corrected chi connectivity index (χ1v) is 28.3. The zero-order chi connectivity index (χ0) is 56.5. The van der Waals surface area contributed by atoms with Gasteiger partial charge in [-0.1, -0.05) is 25.5 Å². The van der Waals surface area contributed by atoms with E-state index in [0.29, 0.717) is 51.4 Å². The minimum absolute atomic E-state index is 0.0645. The summed E-state index contributed by atoms with van der Waals surface area (Å²) in [6.45, 7) is 12.1. The number of carbonyl (C=O) groups is 1. The van der Waals surface area contributed by atoms with Crippen LogP contribution in [0.3, 0.4) is 0 Å². The molecule has 0 unspecified atom stereocenters. The van der Waals surface area contributed by atoms with Gasteiger partial charge in [-0.3, -0.25) is 4.79 Å². The van der Waals surface area contributed by atoms with E-state index in [1.54, 1.807) is 35.0 Å². The van der Waals surface area contributed by atoms with Crippen LogP contribution in [0.1, 0.15) is 106 Å². The number of rotatable bonds is 16. The molecule has 78 heavy (non-hydrogen) atoms. The lowest BCUT2D eigenvalue weighted by Crippen LogP contribution is -2.71. The molecule has 8 fully saturated rings. The maximum atomic E-state index is 12.8. The summed E-state index contributed by atoms with van der Waals surface area (Å²) in [5.74, 6) is -1.25. The van der Waals surface area contributed by atoms with Crippen molar-refractivity contribution in [3.63, 3.8) is 0 Å². The lowest BCUT2D eigenvalue weighted by molar-refractivity contribution is -0.374. The van der Waals surface area contributed by atoms with E-state index < -0.39 is 176 Å². The Morgan fingerprint density at radius 1 is 0.603 bits per heavy atom.